The van der Waals surface area contributed by atoms with Gasteiger partial charge in [0.15, 0.2) is 0 Å². The second kappa shape index (κ2) is 4.67. The van der Waals surface area contributed by atoms with Gasteiger partial charge >= 0.3 is 0 Å². The van der Waals surface area contributed by atoms with Crippen LogP contribution >= 0.6 is 0 Å². The number of benzene rings is 1. The molecule has 0 fully saturated rings. The Hall–Kier alpha value is -1.05. The summed E-state index contributed by atoms with van der Waals surface area (Å²) in [5.74, 6) is -0.126. The van der Waals surface area contributed by atoms with Crippen molar-refractivity contribution < 1.29 is 4.39 Å². The molecule has 1 aromatic rings. The van der Waals surface area contributed by atoms with E-state index >= 15 is 0 Å². The van der Waals surface area contributed by atoms with Gasteiger partial charge in [0.05, 0.1) is 0 Å². The summed E-state index contributed by atoms with van der Waals surface area (Å²) in [5.41, 5.74) is 2.69. The normalized spacial score (nSPS) is 17.3. The predicted molar refractivity (Wildman–Crippen MR) is 71.2 cm³/mol. The highest BCUT2D eigenvalue weighted by atomic mass is 19.1. The first kappa shape index (κ1) is 12.4. The van der Waals surface area contributed by atoms with Crippen LogP contribution < -0.4 is 4.90 Å². The molecule has 1 aliphatic heterocycles. The largest absolute Gasteiger partial charge is 0.373 e. The fourth-order valence-corrected chi connectivity index (χ4v) is 3.40. The number of nitrogens with zero attached hydrogens (tertiary/aromatic N) is 1. The molecule has 0 bridgehead atoms. The van der Waals surface area contributed by atoms with Gasteiger partial charge in [-0.3, -0.25) is 0 Å². The molecule has 1 nitrogen and oxygen atoms in total. The van der Waals surface area contributed by atoms with Crippen molar-refractivity contribution in [2.75, 3.05) is 18.5 Å². The maximum atomic E-state index is 13.3. The lowest BCUT2D eigenvalue weighted by atomic mass is 9.75. The molecule has 0 aromatic heterocycles. The number of hydrogen-bond acceptors (Lipinski definition) is 1. The molecule has 0 atom stereocenters. The van der Waals surface area contributed by atoms with E-state index in [1.807, 2.05) is 6.07 Å². The van der Waals surface area contributed by atoms with Crippen LogP contribution in [-0.2, 0) is 5.41 Å². The van der Waals surface area contributed by atoms with Gasteiger partial charge in [0.2, 0.25) is 0 Å². The van der Waals surface area contributed by atoms with Gasteiger partial charge in [0, 0.05) is 24.7 Å². The second-order valence-electron chi connectivity index (χ2n) is 5.30. The van der Waals surface area contributed by atoms with Crippen molar-refractivity contribution in [1.82, 2.24) is 0 Å². The zero-order valence-electron chi connectivity index (χ0n) is 11.1. The lowest BCUT2D eigenvalue weighted by Crippen LogP contribution is -2.31. The average molecular weight is 235 g/mol. The van der Waals surface area contributed by atoms with E-state index in [-0.39, 0.29) is 11.2 Å². The smallest absolute Gasteiger partial charge is 0.125 e. The van der Waals surface area contributed by atoms with Gasteiger partial charge < -0.3 is 4.90 Å². The first-order valence-corrected chi connectivity index (χ1v) is 6.64. The van der Waals surface area contributed by atoms with Gasteiger partial charge in [-0.05, 0) is 30.5 Å². The Bertz CT molecular complexity index is 394. The first-order chi connectivity index (χ1) is 8.13. The number of anilines is 1. The molecule has 1 aromatic carbocycles. The number of halogens is 1. The zero-order valence-corrected chi connectivity index (χ0v) is 11.1. The van der Waals surface area contributed by atoms with Crippen LogP contribution in [-0.4, -0.2) is 13.6 Å². The molecule has 0 aliphatic carbocycles. The Morgan fingerprint density at radius 3 is 2.47 bits per heavy atom. The molecule has 0 amide bonds. The molecule has 0 saturated carbocycles. The van der Waals surface area contributed by atoms with E-state index in [4.69, 9.17) is 0 Å². The average Bonchev–Trinajstić information content (AvgIpc) is 2.53. The third-order valence-electron chi connectivity index (χ3n) is 3.94. The first-order valence-electron chi connectivity index (χ1n) is 6.64. The minimum atomic E-state index is -0.126. The fourth-order valence-electron chi connectivity index (χ4n) is 3.40. The number of rotatable bonds is 4. The van der Waals surface area contributed by atoms with E-state index in [0.717, 1.165) is 12.2 Å². The van der Waals surface area contributed by atoms with Crippen molar-refractivity contribution in [1.29, 1.82) is 0 Å². The summed E-state index contributed by atoms with van der Waals surface area (Å²) >= 11 is 0. The molecule has 0 spiro atoms. The van der Waals surface area contributed by atoms with E-state index in [9.17, 15) is 4.39 Å². The standard InChI is InChI=1S/C15H22FN/c1-4-8-15(9-5-2)11-17(3)14-10-12(16)6-7-13(14)15/h6-7,10H,4-5,8-9,11H2,1-3H3. The summed E-state index contributed by atoms with van der Waals surface area (Å²) in [6.07, 6.45) is 4.77. The quantitative estimate of drug-likeness (QED) is 0.759. The molecule has 1 aliphatic rings. The summed E-state index contributed by atoms with van der Waals surface area (Å²) in [6, 6.07) is 5.29. The fraction of sp³-hybridized carbons (Fsp3) is 0.600. The summed E-state index contributed by atoms with van der Waals surface area (Å²) in [7, 11) is 2.07. The van der Waals surface area contributed by atoms with Gasteiger partial charge in [0.1, 0.15) is 5.82 Å². The van der Waals surface area contributed by atoms with Crippen molar-refractivity contribution in [3.63, 3.8) is 0 Å². The van der Waals surface area contributed by atoms with E-state index in [0.29, 0.717) is 0 Å². The van der Waals surface area contributed by atoms with Crippen molar-refractivity contribution >= 4 is 5.69 Å². The van der Waals surface area contributed by atoms with Crippen LogP contribution in [0.25, 0.3) is 0 Å². The van der Waals surface area contributed by atoms with Crippen molar-refractivity contribution in [3.8, 4) is 0 Å². The van der Waals surface area contributed by atoms with Crippen LogP contribution in [0.5, 0.6) is 0 Å². The molecular formula is C15H22FN. The maximum absolute atomic E-state index is 13.3. The Kier molecular flexibility index (Phi) is 3.41. The zero-order chi connectivity index (χ0) is 12.5. The van der Waals surface area contributed by atoms with Crippen molar-refractivity contribution in [2.45, 2.75) is 44.9 Å². The second-order valence-corrected chi connectivity index (χ2v) is 5.30. The Morgan fingerprint density at radius 2 is 1.88 bits per heavy atom. The SMILES string of the molecule is CCCC1(CCC)CN(C)c2cc(F)ccc21. The number of fused-ring (bicyclic) bond motifs is 1. The molecule has 0 N–H and O–H groups in total. The maximum Gasteiger partial charge on any atom is 0.125 e. The summed E-state index contributed by atoms with van der Waals surface area (Å²) in [5, 5.41) is 0. The minimum absolute atomic E-state index is 0.126. The highest BCUT2D eigenvalue weighted by molar-refractivity contribution is 5.62. The topological polar surface area (TPSA) is 3.24 Å². The van der Waals surface area contributed by atoms with Crippen molar-refractivity contribution in [2.24, 2.45) is 0 Å². The Morgan fingerprint density at radius 1 is 1.24 bits per heavy atom. The molecular weight excluding hydrogens is 213 g/mol. The molecule has 2 heteroatoms. The van der Waals surface area contributed by atoms with Crippen molar-refractivity contribution in [3.05, 3.63) is 29.6 Å². The lowest BCUT2D eigenvalue weighted by Gasteiger charge is -2.29. The van der Waals surface area contributed by atoms with Crippen LogP contribution in [0.4, 0.5) is 10.1 Å². The Balaban J connectivity index is 2.45. The highest BCUT2D eigenvalue weighted by Crippen LogP contribution is 2.46. The van der Waals surface area contributed by atoms with Gasteiger partial charge in [-0.25, -0.2) is 4.39 Å². The Labute approximate surface area is 104 Å². The molecule has 0 radical (unpaired) electrons. The highest BCUT2D eigenvalue weighted by Gasteiger charge is 2.39. The van der Waals surface area contributed by atoms with Gasteiger partial charge in [-0.2, -0.15) is 0 Å². The molecule has 1 heterocycles. The number of hydrogen-bond donors (Lipinski definition) is 0. The molecule has 94 valence electrons. The number of likely N-dealkylation sites (N-methyl/N-ethyl adjacent to an activating group) is 1. The molecule has 0 saturated heterocycles. The van der Waals surface area contributed by atoms with E-state index < -0.39 is 0 Å². The summed E-state index contributed by atoms with van der Waals surface area (Å²) in [6.45, 7) is 5.51. The van der Waals surface area contributed by atoms with Crippen LogP contribution in [0.2, 0.25) is 0 Å². The van der Waals surface area contributed by atoms with Crippen LogP contribution in [0.15, 0.2) is 18.2 Å². The molecule has 0 unspecified atom stereocenters. The summed E-state index contributed by atoms with van der Waals surface area (Å²) in [4.78, 5) is 2.21. The third-order valence-corrected chi connectivity index (χ3v) is 3.94. The molecule has 17 heavy (non-hydrogen) atoms. The van der Waals surface area contributed by atoms with Crippen LogP contribution in [0.3, 0.4) is 0 Å². The lowest BCUT2D eigenvalue weighted by molar-refractivity contribution is 0.381. The van der Waals surface area contributed by atoms with Gasteiger partial charge in [0.25, 0.3) is 0 Å². The van der Waals surface area contributed by atoms with Crippen LogP contribution in [0, 0.1) is 5.82 Å². The van der Waals surface area contributed by atoms with E-state index in [1.165, 1.54) is 31.2 Å². The monoisotopic (exact) mass is 235 g/mol. The van der Waals surface area contributed by atoms with Gasteiger partial charge in [-0.15, -0.1) is 0 Å². The summed E-state index contributed by atoms with van der Waals surface area (Å²) < 4.78 is 13.3. The molecule has 2 rings (SSSR count). The van der Waals surface area contributed by atoms with Gasteiger partial charge in [-0.1, -0.05) is 32.8 Å². The van der Waals surface area contributed by atoms with E-state index in [2.05, 4.69) is 25.8 Å². The van der Waals surface area contributed by atoms with Crippen LogP contribution in [0.1, 0.15) is 45.1 Å². The third kappa shape index (κ3) is 2.05. The minimum Gasteiger partial charge on any atom is -0.373 e. The van der Waals surface area contributed by atoms with E-state index in [1.54, 1.807) is 12.1 Å². The predicted octanol–water partition coefficient (Wildman–Crippen LogP) is 4.11.